The normalized spacial score (nSPS) is 10.1. The van der Waals surface area contributed by atoms with Crippen LogP contribution in [0.1, 0.15) is 5.82 Å². The number of nitrogens with zero attached hydrogens (tertiary/aromatic N) is 3. The fraction of sp³-hybridized carbons (Fsp3) is 0.111. The fourth-order valence-corrected chi connectivity index (χ4v) is 1.17. The molecule has 15 heavy (non-hydrogen) atoms. The Hall–Kier alpha value is -2.24. The van der Waals surface area contributed by atoms with Gasteiger partial charge >= 0.3 is 0 Å². The number of nitrogens with one attached hydrogen (secondary N) is 1. The highest BCUT2D eigenvalue weighted by Gasteiger charge is 2.06. The minimum Gasteiger partial charge on any atom is -0.369 e. The summed E-state index contributed by atoms with van der Waals surface area (Å²) >= 11 is 0. The quantitative estimate of drug-likeness (QED) is 0.727. The molecule has 0 unspecified atom stereocenters. The first-order chi connectivity index (χ1) is 7.25. The standard InChI is InChI=1S/C9H9N5O/c10-7(15)5-8-12-9(14-13-8)6-1-3-11-4-2-6/h1-4H,5H2,(H2,10,15)(H,12,13,14). The van der Waals surface area contributed by atoms with Gasteiger partial charge in [-0.3, -0.25) is 14.9 Å². The van der Waals surface area contributed by atoms with Gasteiger partial charge in [-0.1, -0.05) is 0 Å². The molecule has 0 aliphatic heterocycles. The van der Waals surface area contributed by atoms with Gasteiger partial charge in [0.2, 0.25) is 5.91 Å². The van der Waals surface area contributed by atoms with Crippen LogP contribution in [0.25, 0.3) is 11.4 Å². The number of carbonyl (C=O) groups is 1. The lowest BCUT2D eigenvalue weighted by atomic mass is 10.2. The maximum atomic E-state index is 10.6. The number of carbonyl (C=O) groups excluding carboxylic acids is 1. The smallest absolute Gasteiger partial charge is 0.225 e. The van der Waals surface area contributed by atoms with Crippen molar-refractivity contribution in [3.63, 3.8) is 0 Å². The molecule has 0 bridgehead atoms. The molecule has 0 aliphatic rings. The van der Waals surface area contributed by atoms with Crippen LogP contribution in [0.5, 0.6) is 0 Å². The summed E-state index contributed by atoms with van der Waals surface area (Å²) in [5.74, 6) is 0.565. The van der Waals surface area contributed by atoms with Gasteiger partial charge in [-0.05, 0) is 12.1 Å². The molecule has 2 heterocycles. The van der Waals surface area contributed by atoms with Gasteiger partial charge < -0.3 is 5.73 Å². The van der Waals surface area contributed by atoms with Gasteiger partial charge in [0, 0.05) is 18.0 Å². The van der Waals surface area contributed by atoms with Crippen molar-refractivity contribution in [2.45, 2.75) is 6.42 Å². The molecule has 3 N–H and O–H groups in total. The number of rotatable bonds is 3. The molecule has 6 heteroatoms. The van der Waals surface area contributed by atoms with Crippen molar-refractivity contribution in [1.29, 1.82) is 0 Å². The second-order valence-electron chi connectivity index (χ2n) is 2.98. The monoisotopic (exact) mass is 203 g/mol. The summed E-state index contributed by atoms with van der Waals surface area (Å²) in [5, 5.41) is 6.62. The molecule has 0 saturated heterocycles. The zero-order chi connectivity index (χ0) is 10.7. The number of aromatic amines is 1. The lowest BCUT2D eigenvalue weighted by Crippen LogP contribution is -2.14. The Morgan fingerprint density at radius 1 is 1.40 bits per heavy atom. The summed E-state index contributed by atoms with van der Waals surface area (Å²) in [4.78, 5) is 18.7. The van der Waals surface area contributed by atoms with E-state index >= 15 is 0 Å². The zero-order valence-corrected chi connectivity index (χ0v) is 7.84. The predicted octanol–water partition coefficient (Wildman–Crippen LogP) is -0.106. The van der Waals surface area contributed by atoms with E-state index in [2.05, 4.69) is 20.2 Å². The second-order valence-corrected chi connectivity index (χ2v) is 2.98. The maximum absolute atomic E-state index is 10.6. The zero-order valence-electron chi connectivity index (χ0n) is 7.84. The Balaban J connectivity index is 2.24. The summed E-state index contributed by atoms with van der Waals surface area (Å²) in [7, 11) is 0. The molecule has 0 saturated carbocycles. The number of aromatic nitrogens is 4. The highest BCUT2D eigenvalue weighted by atomic mass is 16.1. The average Bonchev–Trinajstić information content (AvgIpc) is 2.67. The van der Waals surface area contributed by atoms with Crippen LogP contribution in [-0.2, 0) is 11.2 Å². The SMILES string of the molecule is NC(=O)Cc1nc(-c2ccncc2)n[nH]1. The topological polar surface area (TPSA) is 97.6 Å². The van der Waals surface area contributed by atoms with Gasteiger partial charge in [0.05, 0.1) is 6.42 Å². The van der Waals surface area contributed by atoms with Gasteiger partial charge in [0.25, 0.3) is 0 Å². The molecule has 0 fully saturated rings. The molecule has 0 spiro atoms. The van der Waals surface area contributed by atoms with E-state index < -0.39 is 5.91 Å². The largest absolute Gasteiger partial charge is 0.369 e. The molecular weight excluding hydrogens is 194 g/mol. The number of amides is 1. The van der Waals surface area contributed by atoms with Crippen LogP contribution >= 0.6 is 0 Å². The van der Waals surface area contributed by atoms with Crippen LogP contribution in [-0.4, -0.2) is 26.1 Å². The molecule has 1 amide bonds. The Bertz CT molecular complexity index is 464. The summed E-state index contributed by atoms with van der Waals surface area (Å²) in [6, 6.07) is 3.58. The lowest BCUT2D eigenvalue weighted by molar-refractivity contribution is -0.117. The van der Waals surface area contributed by atoms with Crippen molar-refractivity contribution in [3.8, 4) is 11.4 Å². The minimum atomic E-state index is -0.438. The van der Waals surface area contributed by atoms with E-state index in [1.165, 1.54) is 0 Å². The lowest BCUT2D eigenvalue weighted by Gasteiger charge is -1.91. The third kappa shape index (κ3) is 2.16. The minimum absolute atomic E-state index is 0.0675. The van der Waals surface area contributed by atoms with Crippen LogP contribution in [0.4, 0.5) is 0 Å². The molecule has 0 aliphatic carbocycles. The van der Waals surface area contributed by atoms with E-state index in [4.69, 9.17) is 5.73 Å². The molecule has 6 nitrogen and oxygen atoms in total. The van der Waals surface area contributed by atoms with E-state index in [1.54, 1.807) is 24.5 Å². The first-order valence-corrected chi connectivity index (χ1v) is 4.35. The molecule has 0 radical (unpaired) electrons. The third-order valence-corrected chi connectivity index (χ3v) is 1.81. The third-order valence-electron chi connectivity index (χ3n) is 1.81. The van der Waals surface area contributed by atoms with Crippen molar-refractivity contribution >= 4 is 5.91 Å². The van der Waals surface area contributed by atoms with Gasteiger partial charge in [0.15, 0.2) is 5.82 Å². The van der Waals surface area contributed by atoms with E-state index in [9.17, 15) is 4.79 Å². The number of pyridine rings is 1. The molecule has 2 aromatic rings. The van der Waals surface area contributed by atoms with Crippen LogP contribution in [0.3, 0.4) is 0 Å². The first-order valence-electron chi connectivity index (χ1n) is 4.35. The van der Waals surface area contributed by atoms with Crippen LogP contribution in [0, 0.1) is 0 Å². The van der Waals surface area contributed by atoms with Crippen molar-refractivity contribution < 1.29 is 4.79 Å². The van der Waals surface area contributed by atoms with E-state index in [0.717, 1.165) is 5.56 Å². The summed E-state index contributed by atoms with van der Waals surface area (Å²) in [6.07, 6.45) is 3.37. The summed E-state index contributed by atoms with van der Waals surface area (Å²) < 4.78 is 0. The number of H-pyrrole nitrogens is 1. The first kappa shape index (κ1) is 9.32. The summed E-state index contributed by atoms with van der Waals surface area (Å²) in [6.45, 7) is 0. The average molecular weight is 203 g/mol. The van der Waals surface area contributed by atoms with Crippen LogP contribution < -0.4 is 5.73 Å². The second kappa shape index (κ2) is 3.87. The Morgan fingerprint density at radius 2 is 2.13 bits per heavy atom. The fourth-order valence-electron chi connectivity index (χ4n) is 1.17. The van der Waals surface area contributed by atoms with Crippen LogP contribution in [0.2, 0.25) is 0 Å². The molecule has 2 aromatic heterocycles. The van der Waals surface area contributed by atoms with E-state index in [1.807, 2.05) is 0 Å². The molecule has 2 rings (SSSR count). The Kier molecular flexibility index (Phi) is 2.40. The molecule has 0 aromatic carbocycles. The number of hydrogen-bond donors (Lipinski definition) is 2. The predicted molar refractivity (Wildman–Crippen MR) is 52.5 cm³/mol. The molecule has 76 valence electrons. The Labute approximate surface area is 85.6 Å². The van der Waals surface area contributed by atoms with Gasteiger partial charge in [-0.15, -0.1) is 0 Å². The van der Waals surface area contributed by atoms with E-state index in [-0.39, 0.29) is 6.42 Å². The summed E-state index contributed by atoms with van der Waals surface area (Å²) in [5.41, 5.74) is 5.88. The Morgan fingerprint density at radius 3 is 2.80 bits per heavy atom. The van der Waals surface area contributed by atoms with Crippen molar-refractivity contribution in [3.05, 3.63) is 30.4 Å². The van der Waals surface area contributed by atoms with Crippen molar-refractivity contribution in [2.75, 3.05) is 0 Å². The number of primary amides is 1. The van der Waals surface area contributed by atoms with Gasteiger partial charge in [0.1, 0.15) is 5.82 Å². The van der Waals surface area contributed by atoms with Crippen molar-refractivity contribution in [1.82, 2.24) is 20.2 Å². The molecule has 0 atom stereocenters. The van der Waals surface area contributed by atoms with Crippen LogP contribution in [0.15, 0.2) is 24.5 Å². The van der Waals surface area contributed by atoms with Gasteiger partial charge in [-0.25, -0.2) is 4.98 Å². The molecular formula is C9H9N5O. The van der Waals surface area contributed by atoms with Crippen molar-refractivity contribution in [2.24, 2.45) is 5.73 Å². The van der Waals surface area contributed by atoms with E-state index in [0.29, 0.717) is 11.6 Å². The van der Waals surface area contributed by atoms with Gasteiger partial charge in [-0.2, -0.15) is 5.10 Å². The maximum Gasteiger partial charge on any atom is 0.225 e. The highest BCUT2D eigenvalue weighted by Crippen LogP contribution is 2.12. The number of hydrogen-bond acceptors (Lipinski definition) is 4. The number of nitrogens with two attached hydrogens (primary N) is 1. The highest BCUT2D eigenvalue weighted by molar-refractivity contribution is 5.75.